The van der Waals surface area contributed by atoms with E-state index in [-0.39, 0.29) is 53.3 Å². The number of rotatable bonds is 6. The zero-order valence-electron chi connectivity index (χ0n) is 27.5. The van der Waals surface area contributed by atoms with Gasteiger partial charge in [0.15, 0.2) is 5.78 Å². The van der Waals surface area contributed by atoms with Crippen LogP contribution in [-0.2, 0) is 16.0 Å². The molecule has 0 radical (unpaired) electrons. The van der Waals surface area contributed by atoms with Crippen molar-refractivity contribution in [3.05, 3.63) is 53.6 Å². The van der Waals surface area contributed by atoms with E-state index < -0.39 is 34.2 Å². The van der Waals surface area contributed by atoms with Crippen molar-refractivity contribution in [2.45, 2.75) is 121 Å². The first-order chi connectivity index (χ1) is 21.9. The fourth-order valence-corrected chi connectivity index (χ4v) is 12.6. The summed E-state index contributed by atoms with van der Waals surface area (Å²) in [7, 11) is 0. The summed E-state index contributed by atoms with van der Waals surface area (Å²) in [5.41, 5.74) is -1.91. The Morgan fingerprint density at radius 3 is 2.65 bits per heavy atom. The maximum atomic E-state index is 14.2. The highest BCUT2D eigenvalue weighted by Gasteiger charge is 2.76. The summed E-state index contributed by atoms with van der Waals surface area (Å²) in [6.07, 6.45) is 10.4. The number of carbonyl (C=O) groups is 1. The first-order valence-corrected chi connectivity index (χ1v) is 18.0. The van der Waals surface area contributed by atoms with Gasteiger partial charge in [-0.2, -0.15) is 0 Å². The molecule has 1 aromatic rings. The molecule has 4 saturated carbocycles. The molecule has 0 amide bonds. The Hall–Kier alpha value is -2.03. The number of aryl methyl sites for hydroxylation is 1. The molecule has 2 bridgehead atoms. The highest BCUT2D eigenvalue weighted by molar-refractivity contribution is 5.95. The van der Waals surface area contributed by atoms with Gasteiger partial charge in [-0.25, -0.2) is 0 Å². The van der Waals surface area contributed by atoms with E-state index in [4.69, 9.17) is 4.74 Å². The van der Waals surface area contributed by atoms with Gasteiger partial charge in [0.2, 0.25) is 0 Å². The van der Waals surface area contributed by atoms with Crippen LogP contribution in [0.25, 0.3) is 0 Å². The average Bonchev–Trinajstić information content (AvgIpc) is 3.77. The molecule has 46 heavy (non-hydrogen) atoms. The van der Waals surface area contributed by atoms with Gasteiger partial charge in [0, 0.05) is 17.3 Å². The third kappa shape index (κ3) is 4.05. The van der Waals surface area contributed by atoms with Gasteiger partial charge in [-0.15, -0.1) is 0 Å². The Labute approximate surface area is 272 Å². The van der Waals surface area contributed by atoms with E-state index in [9.17, 15) is 30.3 Å². The van der Waals surface area contributed by atoms with Gasteiger partial charge in [0.25, 0.3) is 0 Å². The zero-order valence-corrected chi connectivity index (χ0v) is 27.5. The minimum absolute atomic E-state index is 0.00358. The van der Waals surface area contributed by atoms with E-state index in [0.717, 1.165) is 36.8 Å². The Kier molecular flexibility index (Phi) is 7.12. The lowest BCUT2D eigenvalue weighted by molar-refractivity contribution is -0.202. The number of hydrogen-bond donors (Lipinski definition) is 5. The molecule has 5 fully saturated rings. The number of aliphatic hydroxyl groups excluding tert-OH is 2. The number of phenolic OH excluding ortho intramolecular Hbond substituents is 1. The highest BCUT2D eigenvalue weighted by atomic mass is 16.6. The second-order valence-electron chi connectivity index (χ2n) is 16.8. The molecule has 1 heterocycles. The van der Waals surface area contributed by atoms with Crippen LogP contribution < -0.4 is 0 Å². The molecule has 5 N–H and O–H groups in total. The van der Waals surface area contributed by atoms with Crippen LogP contribution >= 0.6 is 0 Å². The van der Waals surface area contributed by atoms with Crippen LogP contribution in [0.4, 0.5) is 0 Å². The molecule has 7 heteroatoms. The third-order valence-corrected chi connectivity index (χ3v) is 14.9. The number of benzene rings is 1. The molecular formula is C39H52O7. The number of hydrogen-bond acceptors (Lipinski definition) is 7. The zero-order chi connectivity index (χ0) is 32.4. The lowest BCUT2D eigenvalue weighted by atomic mass is 9.39. The molecule has 1 aromatic carbocycles. The van der Waals surface area contributed by atoms with E-state index >= 15 is 0 Å². The van der Waals surface area contributed by atoms with E-state index in [0.29, 0.717) is 50.4 Å². The monoisotopic (exact) mass is 632 g/mol. The van der Waals surface area contributed by atoms with Gasteiger partial charge in [-0.3, -0.25) is 4.79 Å². The quantitative estimate of drug-likeness (QED) is 0.223. The summed E-state index contributed by atoms with van der Waals surface area (Å²) in [6, 6.07) is 7.32. The Balaban J connectivity index is 1.26. The van der Waals surface area contributed by atoms with Crippen molar-refractivity contribution < 1.29 is 35.1 Å². The standard InChI is InChI=1S/C39H52O7/c1-21(2)22(3)34-35(46-34)38(44)14-5-8-24-18-27-28(19-29(41)32-26-10-6-13-36(27,32)20-30(42)33(26)43)39(45)16-12-31(38)37(24,39)15-11-23-7-4-9-25(40)17-23/h4-5,7-9,17,19,21-22,24,26-27,30-35,40,42-45H,6,10-16,18,20H2,1-3H3/t22-,24+,26-,27-,30+,31+,32-,33-,34-,35-,36+,37-,38+,39+/m1/s1. The summed E-state index contributed by atoms with van der Waals surface area (Å²) >= 11 is 0. The minimum atomic E-state index is -1.32. The molecule has 6 aliphatic carbocycles. The number of carbonyl (C=O) groups excluding carboxylic acids is 1. The van der Waals surface area contributed by atoms with Gasteiger partial charge >= 0.3 is 0 Å². The predicted octanol–water partition coefficient (Wildman–Crippen LogP) is 4.88. The van der Waals surface area contributed by atoms with Gasteiger partial charge in [-0.1, -0.05) is 51.5 Å². The minimum Gasteiger partial charge on any atom is -0.508 e. The van der Waals surface area contributed by atoms with Gasteiger partial charge in [-0.05, 0) is 122 Å². The smallest absolute Gasteiger partial charge is 0.159 e. The van der Waals surface area contributed by atoms with Crippen LogP contribution in [0.3, 0.4) is 0 Å². The number of epoxide rings is 1. The first-order valence-electron chi connectivity index (χ1n) is 18.0. The molecule has 0 aromatic heterocycles. The number of fused-ring (bicyclic) bond motifs is 2. The van der Waals surface area contributed by atoms with Crippen molar-refractivity contribution in [3.8, 4) is 5.75 Å². The fourth-order valence-electron chi connectivity index (χ4n) is 12.6. The lowest BCUT2D eigenvalue weighted by Crippen LogP contribution is -2.68. The molecule has 14 atom stereocenters. The molecule has 1 saturated heterocycles. The second-order valence-corrected chi connectivity index (χ2v) is 16.8. The van der Waals surface area contributed by atoms with Crippen molar-refractivity contribution >= 4 is 5.78 Å². The molecule has 0 unspecified atom stereocenters. The van der Waals surface area contributed by atoms with Gasteiger partial charge in [0.05, 0.1) is 23.9 Å². The van der Waals surface area contributed by atoms with E-state index in [1.807, 2.05) is 12.1 Å². The van der Waals surface area contributed by atoms with Crippen molar-refractivity contribution in [3.63, 3.8) is 0 Å². The average molecular weight is 633 g/mol. The molecule has 1 aliphatic heterocycles. The van der Waals surface area contributed by atoms with Crippen LogP contribution in [0.5, 0.6) is 5.75 Å². The Bertz CT molecular complexity index is 1470. The van der Waals surface area contributed by atoms with Crippen molar-refractivity contribution in [1.82, 2.24) is 0 Å². The van der Waals surface area contributed by atoms with E-state index in [1.54, 1.807) is 18.2 Å². The lowest BCUT2D eigenvalue weighted by Gasteiger charge is -2.66. The summed E-state index contributed by atoms with van der Waals surface area (Å²) < 4.78 is 6.38. The molecule has 250 valence electrons. The van der Waals surface area contributed by atoms with Crippen molar-refractivity contribution in [2.75, 3.05) is 0 Å². The van der Waals surface area contributed by atoms with Crippen LogP contribution in [0, 0.1) is 52.3 Å². The number of allylic oxidation sites excluding steroid dienone is 2. The predicted molar refractivity (Wildman–Crippen MR) is 172 cm³/mol. The fraction of sp³-hybridized carbons (Fsp3) is 0.718. The number of aliphatic hydroxyl groups is 4. The molecule has 7 aliphatic rings. The van der Waals surface area contributed by atoms with Crippen LogP contribution in [0.15, 0.2) is 48.1 Å². The SMILES string of the molecule is CC(C)[C@@H](C)[C@H]1O[C@H]1[C@]1(O)CC=C[C@H]2C[C@@H]3C(=CC(=O)[C@H]4[C@H]5CCC[C@]34C[C@H](O)[C@@H]5O)[C@@]3(O)CC[C@H]1[C@@]23CCc1cccc(O)c1. The van der Waals surface area contributed by atoms with Crippen LogP contribution in [0.2, 0.25) is 0 Å². The number of ether oxygens (including phenoxy) is 1. The second kappa shape index (κ2) is 10.5. The van der Waals surface area contributed by atoms with Gasteiger partial charge < -0.3 is 30.3 Å². The third-order valence-electron chi connectivity index (χ3n) is 14.9. The Morgan fingerprint density at radius 1 is 1.09 bits per heavy atom. The molecular weight excluding hydrogens is 580 g/mol. The van der Waals surface area contributed by atoms with Crippen molar-refractivity contribution in [1.29, 1.82) is 0 Å². The summed E-state index contributed by atoms with van der Waals surface area (Å²) in [5, 5.41) is 58.9. The Morgan fingerprint density at radius 2 is 1.89 bits per heavy atom. The van der Waals surface area contributed by atoms with Gasteiger partial charge in [0.1, 0.15) is 17.5 Å². The molecule has 7 nitrogen and oxygen atoms in total. The van der Waals surface area contributed by atoms with Crippen molar-refractivity contribution in [2.24, 2.45) is 52.3 Å². The summed E-state index contributed by atoms with van der Waals surface area (Å²) in [4.78, 5) is 14.2. The maximum absolute atomic E-state index is 14.2. The highest BCUT2D eigenvalue weighted by Crippen LogP contribution is 2.75. The van der Waals surface area contributed by atoms with Crippen LogP contribution in [-0.4, -0.2) is 66.9 Å². The molecule has 8 rings (SSSR count). The van der Waals surface area contributed by atoms with E-state index in [2.05, 4.69) is 32.9 Å². The largest absolute Gasteiger partial charge is 0.508 e. The topological polar surface area (TPSA) is 131 Å². The summed E-state index contributed by atoms with van der Waals surface area (Å²) in [5.74, 6) is -0.0578. The summed E-state index contributed by atoms with van der Waals surface area (Å²) in [6.45, 7) is 6.58. The van der Waals surface area contributed by atoms with E-state index in [1.165, 1.54) is 0 Å². The first kappa shape index (κ1) is 31.3. The number of ketones is 1. The van der Waals surface area contributed by atoms with Crippen LogP contribution in [0.1, 0.15) is 84.1 Å². The normalized spacial score (nSPS) is 49.4. The molecule has 0 spiro atoms. The number of phenols is 1. The number of aromatic hydroxyl groups is 1. The maximum Gasteiger partial charge on any atom is 0.159 e.